The third-order valence-corrected chi connectivity index (χ3v) is 2.79. The Bertz CT molecular complexity index is 467. The fourth-order valence-electron chi connectivity index (χ4n) is 1.47. The van der Waals surface area contributed by atoms with Crippen molar-refractivity contribution in [3.05, 3.63) is 100.0 Å². The molecule has 0 nitrogen and oxygen atoms in total. The molecule has 2 rings (SSSR count). The number of rotatable bonds is 0. The molecular formula is C22H37ReRfRhY-5. The van der Waals surface area contributed by atoms with Gasteiger partial charge in [-0.1, -0.05) is 45.0 Å². The van der Waals surface area contributed by atoms with E-state index in [0.717, 1.165) is 0 Å². The van der Waals surface area contributed by atoms with E-state index in [1.54, 1.807) is 0 Å². The van der Waals surface area contributed by atoms with Crippen molar-refractivity contribution in [3.8, 4) is 0 Å². The van der Waals surface area contributed by atoms with Crippen molar-refractivity contribution in [2.75, 3.05) is 0 Å². The second kappa shape index (κ2) is 29.6. The normalized spacial score (nSPS) is 6.19. The van der Waals surface area contributed by atoms with Crippen LogP contribution >= 0.6 is 0 Å². The topological polar surface area (TPSA) is 0 Å². The van der Waals surface area contributed by atoms with Gasteiger partial charge in [0.2, 0.25) is 0 Å². The molecule has 0 bridgehead atoms. The third kappa shape index (κ3) is 23.8. The van der Waals surface area contributed by atoms with E-state index < -0.39 is 0 Å². The molecule has 0 spiro atoms. The Morgan fingerprint density at radius 3 is 1.38 bits per heavy atom. The summed E-state index contributed by atoms with van der Waals surface area (Å²) in [5, 5.41) is 0. The smallest absolute Gasteiger partial charge is 0 e. The van der Waals surface area contributed by atoms with E-state index in [4.69, 9.17) is 0 Å². The van der Waals surface area contributed by atoms with Gasteiger partial charge in [0.1, 0.15) is 0 Å². The van der Waals surface area contributed by atoms with Crippen LogP contribution in [0.5, 0.6) is 0 Å². The molecule has 0 aliphatic heterocycles. The van der Waals surface area contributed by atoms with Crippen LogP contribution in [0, 0.1) is 70.4 Å². The van der Waals surface area contributed by atoms with Crippen molar-refractivity contribution in [1.29, 1.82) is 0 Å². The average molecular weight is 947 g/mol. The molecule has 0 saturated carbocycles. The van der Waals surface area contributed by atoms with E-state index >= 15 is 0 Å². The summed E-state index contributed by atoms with van der Waals surface area (Å²) in [6.45, 7) is 10.5. The van der Waals surface area contributed by atoms with Gasteiger partial charge in [0.05, 0.1) is 0 Å². The van der Waals surface area contributed by atoms with Crippen LogP contribution in [-0.2, 0) is 72.6 Å². The molecule has 0 aliphatic rings. The van der Waals surface area contributed by atoms with Gasteiger partial charge >= 0.3 is 0 Å². The van der Waals surface area contributed by atoms with Crippen molar-refractivity contribution in [3.63, 3.8) is 0 Å². The molecule has 0 unspecified atom stereocenters. The fourth-order valence-corrected chi connectivity index (χ4v) is 1.47. The van der Waals surface area contributed by atoms with Crippen LogP contribution in [0.3, 0.4) is 0 Å². The Labute approximate surface area is 212 Å². The van der Waals surface area contributed by atoms with E-state index in [0.29, 0.717) is 0 Å². The van der Waals surface area contributed by atoms with Crippen LogP contribution in [0.2, 0.25) is 0 Å². The molecule has 4 heteroatoms. The summed E-state index contributed by atoms with van der Waals surface area (Å²) in [6.07, 6.45) is 0. The van der Waals surface area contributed by atoms with Crippen LogP contribution in [0.15, 0.2) is 36.4 Å². The van der Waals surface area contributed by atoms with Gasteiger partial charge in [-0.2, -0.15) is 35.4 Å². The molecule has 151 valence electrons. The van der Waals surface area contributed by atoms with Crippen LogP contribution in [-0.4, -0.2) is 0 Å². The van der Waals surface area contributed by atoms with E-state index in [1.807, 2.05) is 13.0 Å². The molecule has 0 fully saturated rings. The number of hydrogen-bond donors (Lipinski definition) is 0. The predicted octanol–water partition coefficient (Wildman–Crippen LogP) is 7.15. The van der Waals surface area contributed by atoms with Crippen molar-refractivity contribution < 1.29 is 72.6 Å². The van der Waals surface area contributed by atoms with Crippen LogP contribution in [0.1, 0.15) is 35.2 Å². The molecule has 3 radical (unpaired) electrons. The first-order chi connectivity index (χ1) is 7.99. The first kappa shape index (κ1) is 56.2. The molecule has 0 N–H and O–H groups in total. The van der Waals surface area contributed by atoms with Gasteiger partial charge in [-0.25, -0.2) is 0 Å². The molecule has 0 aromatic heterocycles. The molecule has 0 aliphatic carbocycles. The van der Waals surface area contributed by atoms with E-state index in [1.165, 1.54) is 27.8 Å². The molecule has 0 saturated heterocycles. The van der Waals surface area contributed by atoms with Crippen molar-refractivity contribution in [2.45, 2.75) is 42.0 Å². The fraction of sp³-hybridized carbons (Fsp3) is 0.273. The number of hydrogen-bond acceptors (Lipinski definition) is 0. The SMILES string of the molecule is C.Cc1[c-]cc(C)cc1.Cc1ccc(C)c(C)c1.[CH3-].[CH3-].[CH3-].[CH3-].[Re].[Rf].[Rh].[Y]. The number of benzene rings is 2. The molecule has 26 heavy (non-hydrogen) atoms. The molecular weight excluding hydrogens is 909 g/mol. The molecule has 0 atom stereocenters. The minimum absolute atomic E-state index is 0. The van der Waals surface area contributed by atoms with E-state index in [2.05, 4.69) is 64.1 Å². The van der Waals surface area contributed by atoms with Gasteiger partial charge in [0.25, 0.3) is 0 Å². The van der Waals surface area contributed by atoms with Gasteiger partial charge in [0.15, 0.2) is 0 Å². The Kier molecular flexibility index (Phi) is 64.0. The van der Waals surface area contributed by atoms with Crippen LogP contribution in [0.4, 0.5) is 0 Å². The Hall–Kier alpha value is -0.170. The minimum atomic E-state index is 0. The van der Waals surface area contributed by atoms with Crippen LogP contribution in [0.25, 0.3) is 0 Å². The zero-order valence-corrected chi connectivity index (χ0v) is 31.1. The van der Waals surface area contributed by atoms with Gasteiger partial charge in [-0.3, -0.25) is 0 Å². The zero-order chi connectivity index (χ0) is 12.8. The maximum Gasteiger partial charge on any atom is 0 e. The van der Waals surface area contributed by atoms with Gasteiger partial charge in [0, 0.05) is 72.6 Å². The number of aryl methyl sites for hydroxylation is 5. The van der Waals surface area contributed by atoms with Gasteiger partial charge < -0.3 is 29.7 Å². The second-order valence-corrected chi connectivity index (χ2v) is 4.64. The first-order valence-electron chi connectivity index (χ1n) is 5.98. The van der Waals surface area contributed by atoms with Gasteiger partial charge in [-0.15, -0.1) is 0 Å². The van der Waals surface area contributed by atoms with E-state index in [-0.39, 0.29) is 110 Å². The maximum atomic E-state index is 3.10. The summed E-state index contributed by atoms with van der Waals surface area (Å²) in [5.74, 6) is 0. The van der Waals surface area contributed by atoms with Crippen LogP contribution < -0.4 is 0 Å². The maximum absolute atomic E-state index is 3.10. The minimum Gasteiger partial charge on any atom is -0.358 e. The third-order valence-electron chi connectivity index (χ3n) is 2.79. The quantitative estimate of drug-likeness (QED) is 0.195. The summed E-state index contributed by atoms with van der Waals surface area (Å²) < 4.78 is 0. The average Bonchev–Trinajstić information content (AvgIpc) is 2.29. The van der Waals surface area contributed by atoms with Gasteiger partial charge in [-0.05, 0) is 31.9 Å². The monoisotopic (exact) mass is 947 g/mol. The summed E-state index contributed by atoms with van der Waals surface area (Å²) in [5.41, 5.74) is 6.58. The van der Waals surface area contributed by atoms with E-state index in [9.17, 15) is 0 Å². The summed E-state index contributed by atoms with van der Waals surface area (Å²) in [6, 6.07) is 15.8. The van der Waals surface area contributed by atoms with Crippen molar-refractivity contribution in [1.82, 2.24) is 0 Å². The first-order valence-corrected chi connectivity index (χ1v) is 5.98. The van der Waals surface area contributed by atoms with Crippen molar-refractivity contribution in [2.24, 2.45) is 0 Å². The molecule has 2 aromatic carbocycles. The Morgan fingerprint density at radius 2 is 1.12 bits per heavy atom. The van der Waals surface area contributed by atoms with Crippen molar-refractivity contribution >= 4 is 0 Å². The largest absolute Gasteiger partial charge is 0.358 e. The summed E-state index contributed by atoms with van der Waals surface area (Å²) in [7, 11) is 0. The summed E-state index contributed by atoms with van der Waals surface area (Å²) >= 11 is 0. The zero-order valence-electron chi connectivity index (χ0n) is 17.5. The summed E-state index contributed by atoms with van der Waals surface area (Å²) in [4.78, 5) is 0. The Morgan fingerprint density at radius 1 is 0.692 bits per heavy atom. The standard InChI is InChI=1S/C9H12.C8H9.CH4.4CH3.Re.Rf.Rh.Y/c1-7-4-5-8(2)9(3)6-7;1-7-3-5-8(2)6-4-7;;;;;;;;;/h4-6H,1-3H3;3-5H,1-2H3;1H4;4*1H3;;;;/q;-1;;4*-1;;;;. The molecule has 0 heterocycles. The Balaban J connectivity index is -0.0000000237. The second-order valence-electron chi connectivity index (χ2n) is 4.64. The molecule has 0 amide bonds. The predicted molar refractivity (Wildman–Crippen MR) is 108 cm³/mol. The molecule has 2 aromatic rings.